The molecule has 1 unspecified atom stereocenters. The van der Waals surface area contributed by atoms with E-state index in [1.54, 1.807) is 0 Å². The van der Waals surface area contributed by atoms with Gasteiger partial charge in [-0.2, -0.15) is 0 Å². The number of aromatic nitrogens is 1. The van der Waals surface area contributed by atoms with Gasteiger partial charge < -0.3 is 5.32 Å². The summed E-state index contributed by atoms with van der Waals surface area (Å²) in [7, 11) is 0. The van der Waals surface area contributed by atoms with Crippen molar-refractivity contribution in [2.24, 2.45) is 0 Å². The molecule has 1 atom stereocenters. The second-order valence-electron chi connectivity index (χ2n) is 3.76. The van der Waals surface area contributed by atoms with E-state index in [9.17, 15) is 0 Å². The van der Waals surface area contributed by atoms with Gasteiger partial charge in [0.25, 0.3) is 0 Å². The van der Waals surface area contributed by atoms with Crippen LogP contribution in [0.4, 0.5) is 0 Å². The van der Waals surface area contributed by atoms with Crippen LogP contribution in [-0.2, 0) is 6.42 Å². The Balaban J connectivity index is 2.04. The van der Waals surface area contributed by atoms with Gasteiger partial charge in [0.2, 0.25) is 0 Å². The number of hydrogen-bond acceptors (Lipinski definition) is 2. The molecule has 1 aromatic heterocycles. The van der Waals surface area contributed by atoms with Crippen LogP contribution in [0.25, 0.3) is 0 Å². The highest BCUT2D eigenvalue weighted by Crippen LogP contribution is 2.12. The summed E-state index contributed by atoms with van der Waals surface area (Å²) in [6.07, 6.45) is 5.59. The molecular weight excluding hydrogens is 160 g/mol. The molecule has 2 rings (SSSR count). The maximum Gasteiger partial charge on any atom is 0.0448 e. The van der Waals surface area contributed by atoms with Crippen LogP contribution in [0.2, 0.25) is 0 Å². The van der Waals surface area contributed by atoms with Crippen molar-refractivity contribution in [2.45, 2.75) is 32.2 Å². The van der Waals surface area contributed by atoms with Gasteiger partial charge in [-0.3, -0.25) is 4.98 Å². The lowest BCUT2D eigenvalue weighted by molar-refractivity contribution is 0.593. The van der Waals surface area contributed by atoms with Crippen molar-refractivity contribution in [3.8, 4) is 0 Å². The molecule has 1 aromatic rings. The Hall–Kier alpha value is -0.890. The Kier molecular flexibility index (Phi) is 2.60. The second kappa shape index (κ2) is 3.88. The molecule has 1 N–H and O–H groups in total. The van der Waals surface area contributed by atoms with E-state index >= 15 is 0 Å². The fraction of sp³-hybridized carbons (Fsp3) is 0.545. The SMILES string of the molecule is Cc1cccnc1CC1CCCN1. The van der Waals surface area contributed by atoms with E-state index in [1.807, 2.05) is 12.3 Å². The third-order valence-corrected chi connectivity index (χ3v) is 2.72. The first-order valence-corrected chi connectivity index (χ1v) is 5.00. The highest BCUT2D eigenvalue weighted by molar-refractivity contribution is 5.18. The summed E-state index contributed by atoms with van der Waals surface area (Å²) < 4.78 is 0. The van der Waals surface area contributed by atoms with Crippen molar-refractivity contribution in [3.05, 3.63) is 29.6 Å². The average Bonchev–Trinajstić information content (AvgIpc) is 2.61. The molecule has 0 amide bonds. The number of hydrogen-bond donors (Lipinski definition) is 1. The van der Waals surface area contributed by atoms with Crippen LogP contribution in [0.15, 0.2) is 18.3 Å². The minimum absolute atomic E-state index is 0.661. The molecular formula is C11H16N2. The van der Waals surface area contributed by atoms with Gasteiger partial charge in [-0.05, 0) is 37.9 Å². The molecule has 2 heteroatoms. The number of pyridine rings is 1. The number of nitrogens with one attached hydrogen (secondary N) is 1. The zero-order valence-electron chi connectivity index (χ0n) is 8.09. The Morgan fingerprint density at radius 1 is 1.62 bits per heavy atom. The van der Waals surface area contributed by atoms with E-state index in [0.29, 0.717) is 6.04 Å². The summed E-state index contributed by atoms with van der Waals surface area (Å²) in [6.45, 7) is 3.31. The Labute approximate surface area is 79.4 Å². The summed E-state index contributed by atoms with van der Waals surface area (Å²) in [6, 6.07) is 4.80. The van der Waals surface area contributed by atoms with Crippen molar-refractivity contribution >= 4 is 0 Å². The van der Waals surface area contributed by atoms with Gasteiger partial charge in [-0.25, -0.2) is 0 Å². The minimum Gasteiger partial charge on any atom is -0.314 e. The van der Waals surface area contributed by atoms with E-state index in [4.69, 9.17) is 0 Å². The van der Waals surface area contributed by atoms with Crippen LogP contribution in [0, 0.1) is 6.92 Å². The van der Waals surface area contributed by atoms with Crippen LogP contribution in [0.3, 0.4) is 0 Å². The minimum atomic E-state index is 0.661. The molecule has 1 aliphatic heterocycles. The van der Waals surface area contributed by atoms with Crippen molar-refractivity contribution in [1.29, 1.82) is 0 Å². The summed E-state index contributed by atoms with van der Waals surface area (Å²) in [5.41, 5.74) is 2.57. The van der Waals surface area contributed by atoms with Crippen molar-refractivity contribution in [3.63, 3.8) is 0 Å². The predicted molar refractivity (Wildman–Crippen MR) is 53.7 cm³/mol. The van der Waals surface area contributed by atoms with Crippen LogP contribution in [0.1, 0.15) is 24.1 Å². The molecule has 0 spiro atoms. The third-order valence-electron chi connectivity index (χ3n) is 2.72. The van der Waals surface area contributed by atoms with Crippen molar-refractivity contribution < 1.29 is 0 Å². The molecule has 0 bridgehead atoms. The van der Waals surface area contributed by atoms with Gasteiger partial charge in [0.1, 0.15) is 0 Å². The van der Waals surface area contributed by atoms with Crippen molar-refractivity contribution in [1.82, 2.24) is 10.3 Å². The summed E-state index contributed by atoms with van der Waals surface area (Å²) >= 11 is 0. The van der Waals surface area contributed by atoms with Gasteiger partial charge in [0.05, 0.1) is 0 Å². The van der Waals surface area contributed by atoms with E-state index in [-0.39, 0.29) is 0 Å². The summed E-state index contributed by atoms with van der Waals surface area (Å²) in [4.78, 5) is 4.40. The lowest BCUT2D eigenvalue weighted by atomic mass is 10.1. The Bertz CT molecular complexity index is 277. The standard InChI is InChI=1S/C11H16N2/c1-9-4-2-7-13-11(9)8-10-5-3-6-12-10/h2,4,7,10,12H,3,5-6,8H2,1H3. The fourth-order valence-corrected chi connectivity index (χ4v) is 1.90. The van der Waals surface area contributed by atoms with Gasteiger partial charge in [-0.15, -0.1) is 0 Å². The third kappa shape index (κ3) is 2.07. The molecule has 0 saturated carbocycles. The zero-order chi connectivity index (χ0) is 9.10. The van der Waals surface area contributed by atoms with Gasteiger partial charge in [0.15, 0.2) is 0 Å². The number of nitrogens with zero attached hydrogens (tertiary/aromatic N) is 1. The first-order chi connectivity index (χ1) is 6.36. The van der Waals surface area contributed by atoms with Crippen LogP contribution < -0.4 is 5.32 Å². The zero-order valence-corrected chi connectivity index (χ0v) is 8.09. The fourth-order valence-electron chi connectivity index (χ4n) is 1.90. The largest absolute Gasteiger partial charge is 0.314 e. The molecule has 1 fully saturated rings. The highest BCUT2D eigenvalue weighted by atomic mass is 14.9. The second-order valence-corrected chi connectivity index (χ2v) is 3.76. The molecule has 0 aliphatic carbocycles. The topological polar surface area (TPSA) is 24.9 Å². The normalized spacial score (nSPS) is 22.1. The van der Waals surface area contributed by atoms with Gasteiger partial charge in [0, 0.05) is 24.4 Å². The first-order valence-electron chi connectivity index (χ1n) is 5.00. The van der Waals surface area contributed by atoms with Crippen LogP contribution in [0.5, 0.6) is 0 Å². The van der Waals surface area contributed by atoms with Gasteiger partial charge in [-0.1, -0.05) is 6.07 Å². The number of rotatable bonds is 2. The lowest BCUT2D eigenvalue weighted by Crippen LogP contribution is -2.24. The quantitative estimate of drug-likeness (QED) is 0.741. The molecule has 1 saturated heterocycles. The Morgan fingerprint density at radius 3 is 3.23 bits per heavy atom. The van der Waals surface area contributed by atoms with E-state index in [2.05, 4.69) is 23.3 Å². The molecule has 13 heavy (non-hydrogen) atoms. The monoisotopic (exact) mass is 176 g/mol. The predicted octanol–water partition coefficient (Wildman–Crippen LogP) is 1.68. The lowest BCUT2D eigenvalue weighted by Gasteiger charge is -2.10. The smallest absolute Gasteiger partial charge is 0.0448 e. The maximum atomic E-state index is 4.40. The van der Waals surface area contributed by atoms with Crippen molar-refractivity contribution in [2.75, 3.05) is 6.54 Å². The highest BCUT2D eigenvalue weighted by Gasteiger charge is 2.15. The maximum absolute atomic E-state index is 4.40. The molecule has 0 radical (unpaired) electrons. The van der Waals surface area contributed by atoms with E-state index in [1.165, 1.54) is 30.6 Å². The molecule has 70 valence electrons. The summed E-state index contributed by atoms with van der Waals surface area (Å²) in [5.74, 6) is 0. The van der Waals surface area contributed by atoms with Crippen LogP contribution in [-0.4, -0.2) is 17.6 Å². The van der Waals surface area contributed by atoms with E-state index in [0.717, 1.165) is 6.42 Å². The first kappa shape index (κ1) is 8.70. The molecule has 1 aliphatic rings. The number of aryl methyl sites for hydroxylation is 1. The molecule has 2 nitrogen and oxygen atoms in total. The van der Waals surface area contributed by atoms with Crippen LogP contribution >= 0.6 is 0 Å². The molecule has 0 aromatic carbocycles. The van der Waals surface area contributed by atoms with E-state index < -0.39 is 0 Å². The summed E-state index contributed by atoms with van der Waals surface area (Å²) in [5, 5.41) is 3.49. The Morgan fingerprint density at radius 2 is 2.54 bits per heavy atom. The molecule has 2 heterocycles. The average molecular weight is 176 g/mol. The van der Waals surface area contributed by atoms with Gasteiger partial charge >= 0.3 is 0 Å².